The molecule has 1 aromatic heterocycles. The van der Waals surface area contributed by atoms with Crippen molar-refractivity contribution >= 4 is 10.0 Å². The van der Waals surface area contributed by atoms with Gasteiger partial charge < -0.3 is 5.11 Å². The minimum Gasteiger partial charge on any atom is -0.396 e. The Morgan fingerprint density at radius 3 is 2.55 bits per heavy atom. The number of sulfonamides is 1. The minimum absolute atomic E-state index is 0.0920. The topological polar surface area (TPSA) is 84.2 Å². The van der Waals surface area contributed by atoms with Gasteiger partial charge in [-0.3, -0.25) is 4.68 Å². The number of nitrogens with zero attached hydrogens (tertiary/aromatic N) is 2. The first-order valence-electron chi connectivity index (χ1n) is 7.05. The van der Waals surface area contributed by atoms with Crippen LogP contribution >= 0.6 is 0 Å². The average molecular weight is 323 g/mol. The van der Waals surface area contributed by atoms with Crippen molar-refractivity contribution in [1.82, 2.24) is 14.5 Å². The highest BCUT2D eigenvalue weighted by atomic mass is 32.2. The summed E-state index contributed by atoms with van der Waals surface area (Å²) in [6.45, 7) is 1.99. The predicted octanol–water partition coefficient (Wildman–Crippen LogP) is 0.858. The van der Waals surface area contributed by atoms with Crippen LogP contribution in [-0.2, 0) is 23.5 Å². The van der Waals surface area contributed by atoms with Crippen LogP contribution in [0.15, 0.2) is 41.6 Å². The monoisotopic (exact) mass is 323 g/mol. The molecule has 0 saturated heterocycles. The zero-order valence-electron chi connectivity index (χ0n) is 12.7. The largest absolute Gasteiger partial charge is 0.396 e. The highest BCUT2D eigenvalue weighted by Gasteiger charge is 2.17. The number of hydrogen-bond acceptors (Lipinski definition) is 4. The third kappa shape index (κ3) is 4.40. The summed E-state index contributed by atoms with van der Waals surface area (Å²) in [6.07, 6.45) is 4.15. The maximum absolute atomic E-state index is 12.2. The molecule has 0 amide bonds. The highest BCUT2D eigenvalue weighted by molar-refractivity contribution is 7.89. The highest BCUT2D eigenvalue weighted by Crippen LogP contribution is 2.12. The number of aryl methyl sites for hydroxylation is 2. The van der Waals surface area contributed by atoms with Gasteiger partial charge in [0.05, 0.1) is 11.1 Å². The van der Waals surface area contributed by atoms with Crippen LogP contribution in [0.5, 0.6) is 0 Å². The van der Waals surface area contributed by atoms with Crippen molar-refractivity contribution in [3.05, 3.63) is 47.8 Å². The normalized spacial score (nSPS) is 13.2. The molecule has 6 nitrogen and oxygen atoms in total. The van der Waals surface area contributed by atoms with Crippen LogP contribution in [0.3, 0.4) is 0 Å². The first kappa shape index (κ1) is 16.7. The maximum Gasteiger partial charge on any atom is 0.240 e. The van der Waals surface area contributed by atoms with Crippen LogP contribution < -0.4 is 4.72 Å². The molecule has 1 atom stereocenters. The quantitative estimate of drug-likeness (QED) is 0.791. The lowest BCUT2D eigenvalue weighted by Crippen LogP contribution is -2.31. The Balaban J connectivity index is 1.98. The average Bonchev–Trinajstić information content (AvgIpc) is 2.89. The summed E-state index contributed by atoms with van der Waals surface area (Å²) >= 11 is 0. The summed E-state index contributed by atoms with van der Waals surface area (Å²) in [7, 11) is -1.73. The van der Waals surface area contributed by atoms with Crippen LogP contribution in [0.1, 0.15) is 11.1 Å². The molecule has 0 saturated carbocycles. The molecule has 22 heavy (non-hydrogen) atoms. The van der Waals surface area contributed by atoms with Gasteiger partial charge in [-0.05, 0) is 37.0 Å². The first-order valence-corrected chi connectivity index (χ1v) is 8.54. The van der Waals surface area contributed by atoms with E-state index in [1.165, 1.54) is 0 Å². The fraction of sp³-hybridized carbons (Fsp3) is 0.400. The van der Waals surface area contributed by atoms with Crippen molar-refractivity contribution < 1.29 is 13.5 Å². The molecule has 0 bridgehead atoms. The predicted molar refractivity (Wildman–Crippen MR) is 83.9 cm³/mol. The number of hydrogen-bond donors (Lipinski definition) is 2. The number of aromatic nitrogens is 2. The third-order valence-electron chi connectivity index (χ3n) is 3.43. The Morgan fingerprint density at radius 2 is 2.00 bits per heavy atom. The summed E-state index contributed by atoms with van der Waals surface area (Å²) in [5, 5.41) is 13.5. The molecule has 0 fully saturated rings. The van der Waals surface area contributed by atoms with Gasteiger partial charge in [0.1, 0.15) is 0 Å². The van der Waals surface area contributed by atoms with Crippen molar-refractivity contribution in [3.63, 3.8) is 0 Å². The van der Waals surface area contributed by atoms with Gasteiger partial charge in [0.2, 0.25) is 10.0 Å². The SMILES string of the molecule is Cc1ccc(S(=O)(=O)NC[C@H](CO)Cc2cnn(C)c2)cc1. The van der Waals surface area contributed by atoms with E-state index in [2.05, 4.69) is 9.82 Å². The number of rotatable bonds is 7. The summed E-state index contributed by atoms with van der Waals surface area (Å²) in [5.74, 6) is -0.190. The second kappa shape index (κ2) is 7.04. The van der Waals surface area contributed by atoms with Crippen LogP contribution in [-0.4, -0.2) is 36.5 Å². The molecule has 7 heteroatoms. The van der Waals surface area contributed by atoms with E-state index in [1.807, 2.05) is 20.2 Å². The molecule has 0 aliphatic rings. The van der Waals surface area contributed by atoms with Gasteiger partial charge in [0.15, 0.2) is 0 Å². The van der Waals surface area contributed by atoms with Gasteiger partial charge in [-0.15, -0.1) is 0 Å². The Labute approximate surface area is 130 Å². The molecular formula is C15H21N3O3S. The van der Waals surface area contributed by atoms with Crippen LogP contribution in [0.4, 0.5) is 0 Å². The fourth-order valence-corrected chi connectivity index (χ4v) is 3.26. The summed E-state index contributed by atoms with van der Waals surface area (Å²) in [6, 6.07) is 6.67. The number of benzene rings is 1. The Hall–Kier alpha value is -1.70. The third-order valence-corrected chi connectivity index (χ3v) is 4.87. The van der Waals surface area contributed by atoms with E-state index in [4.69, 9.17) is 0 Å². The number of aliphatic hydroxyl groups excluding tert-OH is 1. The first-order chi connectivity index (χ1) is 10.4. The molecule has 0 aliphatic carbocycles. The van der Waals surface area contributed by atoms with Gasteiger partial charge in [0, 0.05) is 26.4 Å². The molecule has 2 N–H and O–H groups in total. The van der Waals surface area contributed by atoms with Gasteiger partial charge in [0.25, 0.3) is 0 Å². The van der Waals surface area contributed by atoms with Crippen LogP contribution in [0.2, 0.25) is 0 Å². The van der Waals surface area contributed by atoms with E-state index in [0.29, 0.717) is 6.42 Å². The second-order valence-electron chi connectivity index (χ2n) is 5.44. The minimum atomic E-state index is -3.55. The molecule has 0 unspecified atom stereocenters. The van der Waals surface area contributed by atoms with E-state index in [0.717, 1.165) is 11.1 Å². The van der Waals surface area contributed by atoms with Crippen molar-refractivity contribution in [3.8, 4) is 0 Å². The number of nitrogens with one attached hydrogen (secondary N) is 1. The van der Waals surface area contributed by atoms with Gasteiger partial charge in [-0.2, -0.15) is 5.10 Å². The van der Waals surface area contributed by atoms with Gasteiger partial charge in [-0.25, -0.2) is 13.1 Å². The molecule has 0 spiro atoms. The molecule has 120 valence electrons. The van der Waals surface area contributed by atoms with Crippen molar-refractivity contribution in [2.45, 2.75) is 18.2 Å². The van der Waals surface area contributed by atoms with E-state index in [9.17, 15) is 13.5 Å². The van der Waals surface area contributed by atoms with Crippen molar-refractivity contribution in [2.75, 3.05) is 13.2 Å². The molecule has 1 aromatic carbocycles. The van der Waals surface area contributed by atoms with E-state index in [-0.39, 0.29) is 24.0 Å². The van der Waals surface area contributed by atoms with Crippen LogP contribution in [0, 0.1) is 12.8 Å². The van der Waals surface area contributed by atoms with E-state index in [1.54, 1.807) is 35.1 Å². The maximum atomic E-state index is 12.2. The Morgan fingerprint density at radius 1 is 1.32 bits per heavy atom. The zero-order chi connectivity index (χ0) is 16.2. The van der Waals surface area contributed by atoms with Gasteiger partial charge >= 0.3 is 0 Å². The van der Waals surface area contributed by atoms with Crippen LogP contribution in [0.25, 0.3) is 0 Å². The summed E-state index contributed by atoms with van der Waals surface area (Å²) < 4.78 is 28.7. The number of aliphatic hydroxyl groups is 1. The summed E-state index contributed by atoms with van der Waals surface area (Å²) in [5.41, 5.74) is 1.97. The molecule has 1 heterocycles. The van der Waals surface area contributed by atoms with Crippen molar-refractivity contribution in [2.24, 2.45) is 13.0 Å². The van der Waals surface area contributed by atoms with Gasteiger partial charge in [-0.1, -0.05) is 17.7 Å². The van der Waals surface area contributed by atoms with E-state index < -0.39 is 10.0 Å². The van der Waals surface area contributed by atoms with E-state index >= 15 is 0 Å². The molecular weight excluding hydrogens is 302 g/mol. The molecule has 2 rings (SSSR count). The van der Waals surface area contributed by atoms with Crippen molar-refractivity contribution in [1.29, 1.82) is 0 Å². The second-order valence-corrected chi connectivity index (χ2v) is 7.21. The molecule has 0 aliphatic heterocycles. The summed E-state index contributed by atoms with van der Waals surface area (Å²) in [4.78, 5) is 0.233. The Bertz CT molecular complexity index is 708. The molecule has 2 aromatic rings. The fourth-order valence-electron chi connectivity index (χ4n) is 2.14. The lowest BCUT2D eigenvalue weighted by molar-refractivity contribution is 0.227. The Kier molecular flexibility index (Phi) is 5.33. The standard InChI is InChI=1S/C15H21N3O3S/c1-12-3-5-15(6-4-12)22(20,21)17-9-14(11-19)7-13-8-16-18(2)10-13/h3-6,8,10,14,17,19H,7,9,11H2,1-2H3/t14-/m1/s1. The lowest BCUT2D eigenvalue weighted by atomic mass is 10.0. The lowest BCUT2D eigenvalue weighted by Gasteiger charge is -2.14. The molecule has 0 radical (unpaired) electrons. The smallest absolute Gasteiger partial charge is 0.240 e. The zero-order valence-corrected chi connectivity index (χ0v) is 13.5.